The smallest absolute Gasteiger partial charge is 0.339 e. The number of esters is 2. The van der Waals surface area contributed by atoms with E-state index < -0.39 is 12.2 Å². The molecule has 4 aliphatic rings. The Morgan fingerprint density at radius 3 is 2.79 bits per heavy atom. The van der Waals surface area contributed by atoms with Gasteiger partial charge in [-0.2, -0.15) is 0 Å². The predicted molar refractivity (Wildman–Crippen MR) is 85.5 cm³/mol. The minimum Gasteiger partial charge on any atom is -0.459 e. The van der Waals surface area contributed by atoms with Gasteiger partial charge in [0.1, 0.15) is 18.0 Å². The van der Waals surface area contributed by atoms with Gasteiger partial charge < -0.3 is 14.6 Å². The van der Waals surface area contributed by atoms with Crippen LogP contribution < -0.4 is 0 Å². The molecule has 1 aliphatic heterocycles. The molecule has 5 heteroatoms. The fourth-order valence-electron chi connectivity index (χ4n) is 3.98. The largest absolute Gasteiger partial charge is 0.459 e. The Morgan fingerprint density at radius 1 is 1.42 bits per heavy atom. The van der Waals surface area contributed by atoms with Crippen molar-refractivity contribution in [1.82, 2.24) is 0 Å². The van der Waals surface area contributed by atoms with Crippen LogP contribution in [0.5, 0.6) is 0 Å². The van der Waals surface area contributed by atoms with Crippen LogP contribution in [0.4, 0.5) is 0 Å². The zero-order chi connectivity index (χ0) is 17.2. The van der Waals surface area contributed by atoms with Crippen LogP contribution in [-0.2, 0) is 19.1 Å². The maximum atomic E-state index is 12.1. The molecular formula is C19H22O5. The first-order valence-corrected chi connectivity index (χ1v) is 8.56. The third kappa shape index (κ3) is 2.18. The summed E-state index contributed by atoms with van der Waals surface area (Å²) in [4.78, 5) is 23.9. The highest BCUT2D eigenvalue weighted by molar-refractivity contribution is 5.94. The summed E-state index contributed by atoms with van der Waals surface area (Å²) in [7, 11) is 0. The van der Waals surface area contributed by atoms with E-state index in [0.717, 1.165) is 24.0 Å². The lowest BCUT2D eigenvalue weighted by atomic mass is 9.60. The lowest BCUT2D eigenvalue weighted by Crippen LogP contribution is -2.49. The summed E-state index contributed by atoms with van der Waals surface area (Å²) >= 11 is 0. The van der Waals surface area contributed by atoms with Gasteiger partial charge in [0, 0.05) is 22.5 Å². The van der Waals surface area contributed by atoms with Crippen LogP contribution in [0.1, 0.15) is 40.0 Å². The molecule has 4 rings (SSSR count). The van der Waals surface area contributed by atoms with E-state index in [1.54, 1.807) is 13.0 Å². The fourth-order valence-corrected chi connectivity index (χ4v) is 3.98. The number of carbonyl (C=O) groups excluding carboxylic acids is 2. The van der Waals surface area contributed by atoms with Crippen molar-refractivity contribution in [1.29, 1.82) is 0 Å². The van der Waals surface area contributed by atoms with E-state index in [0.29, 0.717) is 17.8 Å². The number of carbonyl (C=O) groups is 2. The summed E-state index contributed by atoms with van der Waals surface area (Å²) in [5.41, 5.74) is 2.21. The maximum Gasteiger partial charge on any atom is 0.339 e. The number of ether oxygens (including phenoxy) is 2. The van der Waals surface area contributed by atoms with Crippen molar-refractivity contribution in [2.24, 2.45) is 17.3 Å². The molecule has 4 atom stereocenters. The van der Waals surface area contributed by atoms with E-state index in [1.165, 1.54) is 0 Å². The van der Waals surface area contributed by atoms with E-state index in [9.17, 15) is 14.7 Å². The molecule has 0 radical (unpaired) electrons. The quantitative estimate of drug-likeness (QED) is 0.787. The first kappa shape index (κ1) is 15.6. The standard InChI is InChI=1S/C19H22O5/c1-9-13-8-19(3)10(2)16(24-18(22)11-4-5-11)14(20)6-12(19)7-15(13)23-17(9)21/h6-7,10-11,14,16,20H,4-5,8H2,1-3H3/t10-,14-,16+,19+/m0/s1. The van der Waals surface area contributed by atoms with Gasteiger partial charge >= 0.3 is 11.9 Å². The molecule has 0 aromatic carbocycles. The minimum absolute atomic E-state index is 0.00578. The number of hydrogen-bond donors (Lipinski definition) is 1. The van der Waals surface area contributed by atoms with Crippen LogP contribution in [0.25, 0.3) is 0 Å². The molecule has 128 valence electrons. The highest BCUT2D eigenvalue weighted by Crippen LogP contribution is 2.54. The molecule has 5 nitrogen and oxygen atoms in total. The third-order valence-corrected chi connectivity index (χ3v) is 6.10. The Balaban J connectivity index is 1.69. The van der Waals surface area contributed by atoms with Crippen molar-refractivity contribution in [2.75, 3.05) is 0 Å². The zero-order valence-electron chi connectivity index (χ0n) is 14.2. The van der Waals surface area contributed by atoms with Gasteiger partial charge in [0.15, 0.2) is 0 Å². The predicted octanol–water partition coefficient (Wildman–Crippen LogP) is 2.41. The summed E-state index contributed by atoms with van der Waals surface area (Å²) in [6, 6.07) is 0. The second-order valence-electron chi connectivity index (χ2n) is 7.67. The van der Waals surface area contributed by atoms with Crippen molar-refractivity contribution in [3.05, 3.63) is 34.6 Å². The molecule has 0 bridgehead atoms. The molecule has 0 unspecified atom stereocenters. The van der Waals surface area contributed by atoms with Crippen molar-refractivity contribution in [3.63, 3.8) is 0 Å². The van der Waals surface area contributed by atoms with Gasteiger partial charge in [0.2, 0.25) is 0 Å². The van der Waals surface area contributed by atoms with E-state index in [1.807, 2.05) is 13.0 Å². The maximum absolute atomic E-state index is 12.1. The van der Waals surface area contributed by atoms with Gasteiger partial charge in [-0.05, 0) is 43.9 Å². The van der Waals surface area contributed by atoms with E-state index in [2.05, 4.69) is 6.92 Å². The Labute approximate surface area is 141 Å². The van der Waals surface area contributed by atoms with Gasteiger partial charge in [-0.15, -0.1) is 0 Å². The number of allylic oxidation sites excluding steroid dienone is 3. The molecular weight excluding hydrogens is 308 g/mol. The third-order valence-electron chi connectivity index (χ3n) is 6.10. The number of fused-ring (bicyclic) bond motifs is 2. The topological polar surface area (TPSA) is 72.8 Å². The minimum atomic E-state index is -0.841. The van der Waals surface area contributed by atoms with Crippen LogP contribution in [0, 0.1) is 17.3 Å². The molecule has 0 aromatic heterocycles. The first-order chi connectivity index (χ1) is 11.3. The average Bonchev–Trinajstić information content (AvgIpc) is 3.33. The second-order valence-corrected chi connectivity index (χ2v) is 7.67. The number of aliphatic hydroxyl groups excluding tert-OH is 1. The van der Waals surface area contributed by atoms with Crippen LogP contribution in [0.3, 0.4) is 0 Å². The summed E-state index contributed by atoms with van der Waals surface area (Å²) < 4.78 is 11.0. The monoisotopic (exact) mass is 330 g/mol. The van der Waals surface area contributed by atoms with Crippen LogP contribution >= 0.6 is 0 Å². The lowest BCUT2D eigenvalue weighted by molar-refractivity contribution is -0.163. The van der Waals surface area contributed by atoms with Crippen LogP contribution in [0.15, 0.2) is 34.6 Å². The molecule has 24 heavy (non-hydrogen) atoms. The fraction of sp³-hybridized carbons (Fsp3) is 0.579. The van der Waals surface area contributed by atoms with Crippen molar-refractivity contribution in [2.45, 2.75) is 52.2 Å². The Bertz CT molecular complexity index is 724. The van der Waals surface area contributed by atoms with Gasteiger partial charge in [-0.3, -0.25) is 4.79 Å². The summed E-state index contributed by atoms with van der Waals surface area (Å²) in [5.74, 6) is 0.0291. The van der Waals surface area contributed by atoms with Crippen LogP contribution in [-0.4, -0.2) is 29.3 Å². The second kappa shape index (κ2) is 5.06. The Kier molecular flexibility index (Phi) is 3.29. The van der Waals surface area contributed by atoms with E-state index in [-0.39, 0.29) is 29.2 Å². The zero-order valence-corrected chi connectivity index (χ0v) is 14.2. The molecule has 1 N–H and O–H groups in total. The van der Waals surface area contributed by atoms with Crippen molar-refractivity contribution < 1.29 is 24.2 Å². The van der Waals surface area contributed by atoms with Crippen LogP contribution in [0.2, 0.25) is 0 Å². The number of aliphatic hydroxyl groups is 1. The highest BCUT2D eigenvalue weighted by atomic mass is 16.6. The SMILES string of the molecule is CC1=C2C[C@@]3(C)C(=C[C@H](O)[C@H](OC(=O)C4CC4)[C@@H]3C)C=C2OC1=O. The summed E-state index contributed by atoms with van der Waals surface area (Å²) in [6.07, 6.45) is 4.61. The van der Waals surface area contributed by atoms with Gasteiger partial charge in [0.05, 0.1) is 5.92 Å². The highest BCUT2D eigenvalue weighted by Gasteiger charge is 2.51. The first-order valence-electron chi connectivity index (χ1n) is 8.56. The molecule has 0 aromatic rings. The van der Waals surface area contributed by atoms with Crippen molar-refractivity contribution in [3.8, 4) is 0 Å². The van der Waals surface area contributed by atoms with E-state index >= 15 is 0 Å². The molecule has 0 spiro atoms. The average molecular weight is 330 g/mol. The van der Waals surface area contributed by atoms with Gasteiger partial charge in [0.25, 0.3) is 0 Å². The Hall–Kier alpha value is -1.88. The number of hydrogen-bond acceptors (Lipinski definition) is 5. The molecule has 1 fully saturated rings. The lowest BCUT2D eigenvalue weighted by Gasteiger charge is -2.47. The normalized spacial score (nSPS) is 38.0. The molecule has 0 amide bonds. The van der Waals surface area contributed by atoms with Crippen molar-refractivity contribution >= 4 is 11.9 Å². The Morgan fingerprint density at radius 2 is 2.12 bits per heavy atom. The molecule has 1 heterocycles. The summed E-state index contributed by atoms with van der Waals surface area (Å²) in [6.45, 7) is 5.89. The summed E-state index contributed by atoms with van der Waals surface area (Å²) in [5, 5.41) is 10.5. The van der Waals surface area contributed by atoms with E-state index in [4.69, 9.17) is 9.47 Å². The van der Waals surface area contributed by atoms with Gasteiger partial charge in [-0.1, -0.05) is 13.8 Å². The number of rotatable bonds is 2. The molecule has 1 saturated carbocycles. The molecule has 3 aliphatic carbocycles. The van der Waals surface area contributed by atoms with Gasteiger partial charge in [-0.25, -0.2) is 4.79 Å². The molecule has 0 saturated heterocycles.